The van der Waals surface area contributed by atoms with Crippen LogP contribution in [0.5, 0.6) is 0 Å². The van der Waals surface area contributed by atoms with Crippen molar-refractivity contribution >= 4 is 55.9 Å². The van der Waals surface area contributed by atoms with Gasteiger partial charge in [-0.3, -0.25) is 9.36 Å². The Hall–Kier alpha value is -2.82. The summed E-state index contributed by atoms with van der Waals surface area (Å²) in [5.74, 6) is 0.497. The number of aromatic nitrogens is 4. The van der Waals surface area contributed by atoms with Gasteiger partial charge < -0.3 is 4.57 Å². The highest BCUT2D eigenvalue weighted by atomic mass is 35.5. The summed E-state index contributed by atoms with van der Waals surface area (Å²) < 4.78 is 43.1. The van der Waals surface area contributed by atoms with Crippen molar-refractivity contribution < 1.29 is 13.2 Å². The van der Waals surface area contributed by atoms with E-state index in [9.17, 15) is 18.0 Å². The first-order chi connectivity index (χ1) is 15.7. The molecule has 0 aliphatic heterocycles. The molecule has 0 aliphatic rings. The molecule has 2 aromatic carbocycles. The van der Waals surface area contributed by atoms with Crippen LogP contribution < -0.4 is 5.56 Å². The first-order valence-corrected chi connectivity index (χ1v) is 11.9. The first-order valence-electron chi connectivity index (χ1n) is 9.62. The highest BCUT2D eigenvalue weighted by Crippen LogP contribution is 2.34. The van der Waals surface area contributed by atoms with Crippen molar-refractivity contribution in [1.29, 1.82) is 0 Å². The molecule has 3 heterocycles. The maximum atomic E-state index is 13.3. The smallest absolute Gasteiger partial charge is 0.318 e. The second-order valence-electron chi connectivity index (χ2n) is 7.30. The lowest BCUT2D eigenvalue weighted by Crippen LogP contribution is -2.22. The molecule has 0 unspecified atom stereocenters. The Kier molecular flexibility index (Phi) is 5.46. The zero-order valence-electron chi connectivity index (χ0n) is 16.9. The molecule has 11 heteroatoms. The summed E-state index contributed by atoms with van der Waals surface area (Å²) in [5, 5.41) is 4.03. The molecule has 5 aromatic rings. The molecule has 0 radical (unpaired) electrons. The van der Waals surface area contributed by atoms with Crippen LogP contribution in [0.2, 0.25) is 5.02 Å². The number of hydrogen-bond acceptors (Lipinski definition) is 5. The number of halogens is 4. The summed E-state index contributed by atoms with van der Waals surface area (Å²) >= 11 is 9.07. The van der Waals surface area contributed by atoms with Crippen molar-refractivity contribution in [3.05, 3.63) is 80.7 Å². The van der Waals surface area contributed by atoms with Crippen LogP contribution in [0.4, 0.5) is 13.2 Å². The van der Waals surface area contributed by atoms with Gasteiger partial charge in [-0.25, -0.2) is 9.97 Å². The van der Waals surface area contributed by atoms with E-state index in [0.29, 0.717) is 21.6 Å². The summed E-state index contributed by atoms with van der Waals surface area (Å²) in [5.41, 5.74) is 0.635. The van der Waals surface area contributed by atoms with Crippen molar-refractivity contribution in [2.75, 3.05) is 0 Å². The van der Waals surface area contributed by atoms with Gasteiger partial charge in [-0.1, -0.05) is 23.4 Å². The van der Waals surface area contributed by atoms with Crippen molar-refractivity contribution in [3.8, 4) is 5.69 Å². The van der Waals surface area contributed by atoms with Crippen LogP contribution in [0, 0.1) is 0 Å². The predicted molar refractivity (Wildman–Crippen MR) is 126 cm³/mol. The van der Waals surface area contributed by atoms with Gasteiger partial charge in [-0.15, -0.1) is 11.3 Å². The molecule has 168 valence electrons. The Morgan fingerprint density at radius 2 is 1.91 bits per heavy atom. The fourth-order valence-corrected chi connectivity index (χ4v) is 5.68. The van der Waals surface area contributed by atoms with Crippen molar-refractivity contribution in [3.63, 3.8) is 0 Å². The monoisotopic (exact) mass is 506 g/mol. The quantitative estimate of drug-likeness (QED) is 0.212. The molecule has 0 aliphatic carbocycles. The molecule has 0 spiro atoms. The Morgan fingerprint density at radius 1 is 1.15 bits per heavy atom. The maximum absolute atomic E-state index is 13.3. The van der Waals surface area contributed by atoms with Crippen LogP contribution in [0.25, 0.3) is 26.9 Å². The molecule has 5 nitrogen and oxygen atoms in total. The minimum atomic E-state index is -4.47. The van der Waals surface area contributed by atoms with E-state index in [0.717, 1.165) is 27.8 Å². The van der Waals surface area contributed by atoms with Gasteiger partial charge in [0.2, 0.25) is 0 Å². The molecule has 0 amide bonds. The number of thioether (sulfide) groups is 1. The van der Waals surface area contributed by atoms with E-state index in [1.165, 1.54) is 34.8 Å². The lowest BCUT2D eigenvalue weighted by atomic mass is 10.2. The van der Waals surface area contributed by atoms with E-state index in [2.05, 4.69) is 9.97 Å². The minimum Gasteiger partial charge on any atom is -0.318 e. The van der Waals surface area contributed by atoms with Crippen LogP contribution in [0.3, 0.4) is 0 Å². The fourth-order valence-electron chi connectivity index (χ4n) is 3.47. The molecule has 3 aromatic heterocycles. The highest BCUT2D eigenvalue weighted by Gasteiger charge is 2.30. The topological polar surface area (TPSA) is 52.7 Å². The highest BCUT2D eigenvalue weighted by molar-refractivity contribution is 7.98. The second kappa shape index (κ2) is 8.19. The Labute approximate surface area is 198 Å². The number of rotatable bonds is 4. The van der Waals surface area contributed by atoms with Crippen LogP contribution in [-0.4, -0.2) is 19.1 Å². The van der Waals surface area contributed by atoms with Gasteiger partial charge in [0, 0.05) is 22.5 Å². The van der Waals surface area contributed by atoms with Gasteiger partial charge in [0.1, 0.15) is 0 Å². The number of imidazole rings is 1. The molecule has 0 N–H and O–H groups in total. The average molecular weight is 507 g/mol. The van der Waals surface area contributed by atoms with Crippen LogP contribution in [0.15, 0.2) is 64.1 Å². The number of alkyl halides is 3. The first kappa shape index (κ1) is 22.0. The number of hydrogen-bond donors (Lipinski definition) is 0. The number of thiophene rings is 1. The predicted octanol–water partition coefficient (Wildman–Crippen LogP) is 6.30. The van der Waals surface area contributed by atoms with E-state index in [1.807, 2.05) is 23.6 Å². The van der Waals surface area contributed by atoms with Gasteiger partial charge in [-0.05, 0) is 58.8 Å². The van der Waals surface area contributed by atoms with Gasteiger partial charge in [0.05, 0.1) is 17.6 Å². The lowest BCUT2D eigenvalue weighted by Gasteiger charge is -2.13. The number of benzene rings is 2. The number of aryl methyl sites for hydroxylation is 1. The molecule has 0 fully saturated rings. The fraction of sp³-hybridized carbons (Fsp3) is 0.136. The zero-order chi connectivity index (χ0) is 23.3. The Balaban J connectivity index is 1.60. The van der Waals surface area contributed by atoms with Gasteiger partial charge in [0.15, 0.2) is 16.3 Å². The normalized spacial score (nSPS) is 12.2. The SMILES string of the molecule is Cn1cnc2c(=O)n(-c3ccc(C(F)(F)F)cc3)c(SCc3csc4ccc(Cl)cc34)nc21. The summed E-state index contributed by atoms with van der Waals surface area (Å²) in [6.07, 6.45) is -2.98. The largest absolute Gasteiger partial charge is 0.416 e. The molecule has 0 saturated heterocycles. The third-order valence-electron chi connectivity index (χ3n) is 5.13. The third-order valence-corrected chi connectivity index (χ3v) is 7.36. The van der Waals surface area contributed by atoms with Crippen LogP contribution in [0.1, 0.15) is 11.1 Å². The molecule has 0 saturated carbocycles. The van der Waals surface area contributed by atoms with E-state index < -0.39 is 17.3 Å². The third kappa shape index (κ3) is 4.03. The second-order valence-corrected chi connectivity index (χ2v) is 9.59. The Bertz CT molecular complexity index is 1550. The van der Waals surface area contributed by atoms with E-state index >= 15 is 0 Å². The van der Waals surface area contributed by atoms with E-state index in [4.69, 9.17) is 11.6 Å². The summed E-state index contributed by atoms with van der Waals surface area (Å²) in [6.45, 7) is 0. The molecule has 0 atom stereocenters. The summed E-state index contributed by atoms with van der Waals surface area (Å²) in [7, 11) is 1.73. The van der Waals surface area contributed by atoms with Gasteiger partial charge in [0.25, 0.3) is 5.56 Å². The van der Waals surface area contributed by atoms with Gasteiger partial charge >= 0.3 is 6.18 Å². The molecule has 33 heavy (non-hydrogen) atoms. The van der Waals surface area contributed by atoms with Crippen LogP contribution in [-0.2, 0) is 19.0 Å². The summed E-state index contributed by atoms with van der Waals surface area (Å²) in [4.78, 5) is 22.0. The van der Waals surface area contributed by atoms with Crippen molar-refractivity contribution in [2.45, 2.75) is 17.1 Å². The molecule has 0 bridgehead atoms. The van der Waals surface area contributed by atoms with Crippen molar-refractivity contribution in [2.24, 2.45) is 7.05 Å². The Morgan fingerprint density at radius 3 is 2.64 bits per heavy atom. The number of nitrogens with zero attached hydrogens (tertiary/aromatic N) is 4. The lowest BCUT2D eigenvalue weighted by molar-refractivity contribution is -0.137. The number of fused-ring (bicyclic) bond motifs is 2. The molecule has 5 rings (SSSR count). The molecular weight excluding hydrogens is 493 g/mol. The van der Waals surface area contributed by atoms with E-state index in [1.54, 1.807) is 23.0 Å². The summed E-state index contributed by atoms with van der Waals surface area (Å²) in [6, 6.07) is 10.1. The van der Waals surface area contributed by atoms with Crippen molar-refractivity contribution in [1.82, 2.24) is 19.1 Å². The average Bonchev–Trinajstić information content (AvgIpc) is 3.35. The van der Waals surface area contributed by atoms with Gasteiger partial charge in [-0.2, -0.15) is 13.2 Å². The van der Waals surface area contributed by atoms with E-state index in [-0.39, 0.29) is 11.2 Å². The maximum Gasteiger partial charge on any atom is 0.416 e. The zero-order valence-corrected chi connectivity index (χ0v) is 19.3. The standard InChI is InChI=1S/C22H14ClF3N4OS2/c1-29-11-27-18-19(29)28-21(33-10-12-9-32-17-7-4-14(23)8-16(12)17)30(20(18)31)15-5-2-13(3-6-15)22(24,25)26/h2-9,11H,10H2,1H3. The molecular formula is C22H14ClF3N4OS2. The van der Waals surface area contributed by atoms with Crippen LogP contribution >= 0.6 is 34.7 Å². The minimum absolute atomic E-state index is 0.148.